The summed E-state index contributed by atoms with van der Waals surface area (Å²) in [4.78, 5) is 12.3. The number of carbonyl (C=O) groups excluding carboxylic acids is 1. The first-order valence-corrected chi connectivity index (χ1v) is 9.93. The molecular formula is C17H28N2O4S. The fraction of sp³-hybridized carbons (Fsp3) is 0.588. The van der Waals surface area contributed by atoms with Crippen molar-refractivity contribution in [1.82, 2.24) is 5.32 Å². The third-order valence-corrected chi connectivity index (χ3v) is 4.69. The monoisotopic (exact) mass is 356 g/mol. The van der Waals surface area contributed by atoms with Crippen molar-refractivity contribution in [3.63, 3.8) is 0 Å². The molecule has 0 saturated heterocycles. The normalized spacial score (nSPS) is 12.9. The van der Waals surface area contributed by atoms with Crippen LogP contribution in [0.4, 0.5) is 5.69 Å². The number of anilines is 1. The zero-order valence-electron chi connectivity index (χ0n) is 15.1. The van der Waals surface area contributed by atoms with Crippen LogP contribution in [0.2, 0.25) is 0 Å². The molecule has 0 bridgehead atoms. The maximum Gasteiger partial charge on any atom is 0.243 e. The number of nitrogens with zero attached hydrogens (tertiary/aromatic N) is 1. The lowest BCUT2D eigenvalue weighted by Crippen LogP contribution is -2.48. The summed E-state index contributed by atoms with van der Waals surface area (Å²) in [6.45, 7) is 8.41. The van der Waals surface area contributed by atoms with Crippen LogP contribution in [0.15, 0.2) is 24.3 Å². The van der Waals surface area contributed by atoms with Crippen molar-refractivity contribution in [3.05, 3.63) is 29.8 Å². The first kappa shape index (κ1) is 20.4. The highest BCUT2D eigenvalue weighted by atomic mass is 32.2. The molecule has 0 aliphatic carbocycles. The van der Waals surface area contributed by atoms with E-state index in [4.69, 9.17) is 4.74 Å². The number of sulfonamides is 1. The molecule has 0 saturated carbocycles. The molecule has 1 amide bonds. The van der Waals surface area contributed by atoms with Crippen molar-refractivity contribution in [2.75, 3.05) is 23.7 Å². The Hall–Kier alpha value is -1.60. The molecule has 1 N–H and O–H groups in total. The molecule has 0 fully saturated rings. The summed E-state index contributed by atoms with van der Waals surface area (Å²) in [5.74, 6) is -0.328. The zero-order valence-corrected chi connectivity index (χ0v) is 15.9. The van der Waals surface area contributed by atoms with Crippen molar-refractivity contribution in [2.24, 2.45) is 0 Å². The quantitative estimate of drug-likeness (QED) is 0.688. The van der Waals surface area contributed by atoms with Crippen molar-refractivity contribution in [1.29, 1.82) is 0 Å². The van der Waals surface area contributed by atoms with Crippen LogP contribution in [0, 0.1) is 6.92 Å². The number of rotatable bonds is 9. The predicted octanol–water partition coefficient (Wildman–Crippen LogP) is 2.08. The zero-order chi connectivity index (χ0) is 18.3. The Bertz CT molecular complexity index is 626. The van der Waals surface area contributed by atoms with Crippen molar-refractivity contribution in [2.45, 2.75) is 46.3 Å². The van der Waals surface area contributed by atoms with Crippen LogP contribution >= 0.6 is 0 Å². The minimum Gasteiger partial charge on any atom is -0.379 e. The maximum atomic E-state index is 12.3. The van der Waals surface area contributed by atoms with Crippen LogP contribution in [0.3, 0.4) is 0 Å². The topological polar surface area (TPSA) is 75.7 Å². The van der Waals surface area contributed by atoms with E-state index in [0.717, 1.165) is 16.1 Å². The third kappa shape index (κ3) is 6.49. The highest BCUT2D eigenvalue weighted by Gasteiger charge is 2.28. The molecule has 0 radical (unpaired) electrons. The lowest BCUT2D eigenvalue weighted by Gasteiger charge is -2.28. The van der Waals surface area contributed by atoms with Gasteiger partial charge in [0.05, 0.1) is 18.0 Å². The fourth-order valence-electron chi connectivity index (χ4n) is 2.25. The second kappa shape index (κ2) is 9.03. The van der Waals surface area contributed by atoms with Gasteiger partial charge in [0.2, 0.25) is 15.9 Å². The second-order valence-corrected chi connectivity index (χ2v) is 7.99. The van der Waals surface area contributed by atoms with Gasteiger partial charge in [-0.05, 0) is 46.2 Å². The first-order chi connectivity index (χ1) is 11.1. The highest BCUT2D eigenvalue weighted by Crippen LogP contribution is 2.21. The largest absolute Gasteiger partial charge is 0.379 e. The summed E-state index contributed by atoms with van der Waals surface area (Å²) in [6.07, 6.45) is 1.94. The number of nitrogens with one attached hydrogen (secondary N) is 1. The van der Waals surface area contributed by atoms with Crippen LogP contribution in [0.1, 0.15) is 32.8 Å². The molecule has 7 heteroatoms. The van der Waals surface area contributed by atoms with Crippen LogP contribution in [-0.2, 0) is 19.6 Å². The van der Waals surface area contributed by atoms with Gasteiger partial charge in [-0.25, -0.2) is 8.42 Å². The van der Waals surface area contributed by atoms with Crippen molar-refractivity contribution in [3.8, 4) is 0 Å². The van der Waals surface area contributed by atoms with E-state index in [9.17, 15) is 13.2 Å². The summed E-state index contributed by atoms with van der Waals surface area (Å²) in [7, 11) is -3.57. The third-order valence-electron chi connectivity index (χ3n) is 3.45. The smallest absolute Gasteiger partial charge is 0.243 e. The van der Waals surface area contributed by atoms with Gasteiger partial charge in [-0.2, -0.15) is 0 Å². The van der Waals surface area contributed by atoms with Gasteiger partial charge in [-0.1, -0.05) is 17.7 Å². The molecule has 0 aliphatic rings. The number of aryl methyl sites for hydroxylation is 1. The number of amides is 1. The molecule has 0 aliphatic heterocycles. The van der Waals surface area contributed by atoms with Gasteiger partial charge >= 0.3 is 0 Å². The van der Waals surface area contributed by atoms with Gasteiger partial charge in [0.25, 0.3) is 0 Å². The summed E-state index contributed by atoms with van der Waals surface area (Å²) < 4.78 is 30.8. The van der Waals surface area contributed by atoms with Gasteiger partial charge in [0.15, 0.2) is 0 Å². The summed E-state index contributed by atoms with van der Waals surface area (Å²) in [6, 6.07) is 6.23. The molecule has 1 rings (SSSR count). The van der Waals surface area contributed by atoms with Crippen LogP contribution in [0.5, 0.6) is 0 Å². The van der Waals surface area contributed by atoms with E-state index in [0.29, 0.717) is 25.3 Å². The number of benzene rings is 1. The molecule has 24 heavy (non-hydrogen) atoms. The van der Waals surface area contributed by atoms with E-state index in [1.165, 1.54) is 0 Å². The van der Waals surface area contributed by atoms with E-state index < -0.39 is 16.1 Å². The van der Waals surface area contributed by atoms with Crippen molar-refractivity contribution < 1.29 is 17.9 Å². The van der Waals surface area contributed by atoms with E-state index in [-0.39, 0.29) is 12.0 Å². The van der Waals surface area contributed by atoms with Gasteiger partial charge in [-0.3, -0.25) is 9.10 Å². The molecule has 1 aromatic rings. The van der Waals surface area contributed by atoms with Gasteiger partial charge in [-0.15, -0.1) is 0 Å². The summed E-state index contributed by atoms with van der Waals surface area (Å²) >= 11 is 0. The summed E-state index contributed by atoms with van der Waals surface area (Å²) in [5.41, 5.74) is 1.50. The van der Waals surface area contributed by atoms with Crippen LogP contribution in [0.25, 0.3) is 0 Å². The van der Waals surface area contributed by atoms with E-state index in [1.54, 1.807) is 19.1 Å². The number of carbonyl (C=O) groups is 1. The van der Waals surface area contributed by atoms with Crippen LogP contribution < -0.4 is 9.62 Å². The molecule has 0 unspecified atom stereocenters. The average Bonchev–Trinajstić information content (AvgIpc) is 2.47. The molecule has 1 atom stereocenters. The van der Waals surface area contributed by atoms with Gasteiger partial charge in [0, 0.05) is 13.2 Å². The van der Waals surface area contributed by atoms with Crippen molar-refractivity contribution >= 4 is 21.6 Å². The van der Waals surface area contributed by atoms with E-state index in [2.05, 4.69) is 5.32 Å². The highest BCUT2D eigenvalue weighted by molar-refractivity contribution is 7.92. The number of ether oxygens (including phenoxy) is 1. The molecule has 0 spiro atoms. The lowest BCUT2D eigenvalue weighted by molar-refractivity contribution is -0.121. The fourth-order valence-corrected chi connectivity index (χ4v) is 3.43. The Morgan fingerprint density at radius 3 is 2.29 bits per heavy atom. The van der Waals surface area contributed by atoms with Crippen LogP contribution in [-0.4, -0.2) is 45.9 Å². The molecule has 1 aromatic carbocycles. The number of hydrogen-bond donors (Lipinski definition) is 1. The Kier molecular flexibility index (Phi) is 7.69. The predicted molar refractivity (Wildman–Crippen MR) is 96.7 cm³/mol. The lowest BCUT2D eigenvalue weighted by atomic mass is 10.2. The SMILES string of the molecule is Cc1ccc(N([C@@H](C)C(=O)NCCCOC(C)C)S(C)(=O)=O)cc1. The number of hydrogen-bond acceptors (Lipinski definition) is 4. The maximum absolute atomic E-state index is 12.3. The van der Waals surface area contributed by atoms with E-state index in [1.807, 2.05) is 32.9 Å². The Balaban J connectivity index is 2.73. The Labute approximate surface area is 145 Å². The molecule has 0 aromatic heterocycles. The Morgan fingerprint density at radius 2 is 1.79 bits per heavy atom. The molecular weight excluding hydrogens is 328 g/mol. The minimum absolute atomic E-state index is 0.155. The molecule has 0 heterocycles. The molecule has 6 nitrogen and oxygen atoms in total. The van der Waals surface area contributed by atoms with E-state index >= 15 is 0 Å². The first-order valence-electron chi connectivity index (χ1n) is 8.08. The standard InChI is InChI=1S/C17H28N2O4S/c1-13(2)23-12-6-11-18-17(20)15(4)19(24(5,21)22)16-9-7-14(3)8-10-16/h7-10,13,15H,6,11-12H2,1-5H3,(H,18,20)/t15-/m0/s1. The Morgan fingerprint density at radius 1 is 1.21 bits per heavy atom. The average molecular weight is 356 g/mol. The van der Waals surface area contributed by atoms with Gasteiger partial charge < -0.3 is 10.1 Å². The minimum atomic E-state index is -3.57. The second-order valence-electron chi connectivity index (χ2n) is 6.13. The summed E-state index contributed by atoms with van der Waals surface area (Å²) in [5, 5.41) is 2.76. The van der Waals surface area contributed by atoms with Gasteiger partial charge in [0.1, 0.15) is 6.04 Å². The molecule has 136 valence electrons.